The minimum absolute atomic E-state index is 0.0770. The van der Waals surface area contributed by atoms with Gasteiger partial charge in [0.25, 0.3) is 0 Å². The van der Waals surface area contributed by atoms with Crippen molar-refractivity contribution in [3.05, 3.63) is 32.4 Å². The standard InChI is InChI=1S/C9H6Br2ClFO2/c10-8(11)1-2-15-5-3-6(12)9(14)7(13)4-5/h1,3-4,14H,2H2. The molecule has 0 unspecified atom stereocenters. The average Bonchev–Trinajstić information content (AvgIpc) is 2.13. The lowest BCUT2D eigenvalue weighted by atomic mass is 10.3. The lowest BCUT2D eigenvalue weighted by Gasteiger charge is -2.05. The number of phenolic OH excluding ortho intramolecular Hbond substituents is 1. The minimum atomic E-state index is -0.806. The summed E-state index contributed by atoms with van der Waals surface area (Å²) in [6, 6.07) is 2.41. The highest BCUT2D eigenvalue weighted by Gasteiger charge is 2.08. The van der Waals surface area contributed by atoms with Gasteiger partial charge in [-0.2, -0.15) is 0 Å². The molecule has 1 aromatic rings. The molecule has 2 nitrogen and oxygen atoms in total. The molecule has 0 saturated heterocycles. The van der Waals surface area contributed by atoms with Crippen molar-refractivity contribution in [2.45, 2.75) is 0 Å². The Morgan fingerprint density at radius 3 is 2.73 bits per heavy atom. The monoisotopic (exact) mass is 358 g/mol. The van der Waals surface area contributed by atoms with Gasteiger partial charge < -0.3 is 9.84 Å². The summed E-state index contributed by atoms with van der Waals surface area (Å²) in [4.78, 5) is 0. The number of benzene rings is 1. The molecule has 6 heteroatoms. The van der Waals surface area contributed by atoms with Crippen LogP contribution in [-0.4, -0.2) is 11.7 Å². The second kappa shape index (κ2) is 5.72. The number of rotatable bonds is 3. The van der Waals surface area contributed by atoms with Crippen LogP contribution in [0.25, 0.3) is 0 Å². The topological polar surface area (TPSA) is 29.5 Å². The van der Waals surface area contributed by atoms with Crippen molar-refractivity contribution in [2.24, 2.45) is 0 Å². The van der Waals surface area contributed by atoms with Gasteiger partial charge in [0.15, 0.2) is 11.6 Å². The number of aromatic hydroxyl groups is 1. The van der Waals surface area contributed by atoms with Gasteiger partial charge in [0.2, 0.25) is 0 Å². The molecule has 0 spiro atoms. The number of phenols is 1. The van der Waals surface area contributed by atoms with Gasteiger partial charge in [0, 0.05) is 12.1 Å². The molecule has 0 bridgehead atoms. The Kier molecular flexibility index (Phi) is 4.89. The zero-order chi connectivity index (χ0) is 11.4. The summed E-state index contributed by atoms with van der Waals surface area (Å²) in [6.07, 6.45) is 1.69. The van der Waals surface area contributed by atoms with E-state index >= 15 is 0 Å². The zero-order valence-electron chi connectivity index (χ0n) is 7.31. The fourth-order valence-electron chi connectivity index (χ4n) is 0.826. The predicted molar refractivity (Wildman–Crippen MR) is 64.5 cm³/mol. The Bertz CT molecular complexity index is 369. The molecule has 82 valence electrons. The Hall–Kier alpha value is -0.260. The van der Waals surface area contributed by atoms with Gasteiger partial charge in [-0.15, -0.1) is 0 Å². The van der Waals surface area contributed by atoms with Crippen LogP contribution in [0, 0.1) is 5.82 Å². The summed E-state index contributed by atoms with van der Waals surface area (Å²) < 4.78 is 18.9. The van der Waals surface area contributed by atoms with Gasteiger partial charge in [0.05, 0.1) is 8.41 Å². The van der Waals surface area contributed by atoms with Crippen molar-refractivity contribution in [3.8, 4) is 11.5 Å². The van der Waals surface area contributed by atoms with E-state index in [1.165, 1.54) is 6.07 Å². The smallest absolute Gasteiger partial charge is 0.170 e. The summed E-state index contributed by atoms with van der Waals surface area (Å²) >= 11 is 11.8. The number of ether oxygens (including phenoxy) is 1. The van der Waals surface area contributed by atoms with Crippen LogP contribution in [0.4, 0.5) is 4.39 Å². The van der Waals surface area contributed by atoms with Crippen molar-refractivity contribution in [3.63, 3.8) is 0 Å². The van der Waals surface area contributed by atoms with E-state index in [-0.39, 0.29) is 17.4 Å². The first-order valence-electron chi connectivity index (χ1n) is 3.82. The van der Waals surface area contributed by atoms with Crippen LogP contribution >= 0.6 is 43.5 Å². The highest BCUT2D eigenvalue weighted by Crippen LogP contribution is 2.31. The van der Waals surface area contributed by atoms with E-state index in [0.717, 1.165) is 9.46 Å². The molecule has 0 fully saturated rings. The number of hydrogen-bond donors (Lipinski definition) is 1. The van der Waals surface area contributed by atoms with Crippen LogP contribution in [-0.2, 0) is 0 Å². The van der Waals surface area contributed by atoms with Gasteiger partial charge in [0.1, 0.15) is 12.4 Å². The van der Waals surface area contributed by atoms with Crippen LogP contribution in [0.1, 0.15) is 0 Å². The average molecular weight is 360 g/mol. The second-order valence-corrected chi connectivity index (χ2v) is 5.72. The summed E-state index contributed by atoms with van der Waals surface area (Å²) in [7, 11) is 0. The maximum absolute atomic E-state index is 13.0. The molecule has 0 atom stereocenters. The fraction of sp³-hybridized carbons (Fsp3) is 0.111. The van der Waals surface area contributed by atoms with Crippen LogP contribution in [0.5, 0.6) is 11.5 Å². The maximum Gasteiger partial charge on any atom is 0.170 e. The fourth-order valence-corrected chi connectivity index (χ4v) is 1.29. The van der Waals surface area contributed by atoms with E-state index in [9.17, 15) is 4.39 Å². The number of halogens is 4. The highest BCUT2D eigenvalue weighted by atomic mass is 79.9. The van der Waals surface area contributed by atoms with E-state index in [2.05, 4.69) is 31.9 Å². The highest BCUT2D eigenvalue weighted by molar-refractivity contribution is 9.28. The molecule has 15 heavy (non-hydrogen) atoms. The molecular weight excluding hydrogens is 354 g/mol. The molecule has 1 aromatic carbocycles. The predicted octanol–water partition coefficient (Wildman–Crippen LogP) is 4.19. The largest absolute Gasteiger partial charge is 0.504 e. The van der Waals surface area contributed by atoms with Gasteiger partial charge in [-0.05, 0) is 37.9 Å². The van der Waals surface area contributed by atoms with Crippen LogP contribution in [0.2, 0.25) is 5.02 Å². The normalized spacial score (nSPS) is 9.87. The van der Waals surface area contributed by atoms with Gasteiger partial charge in [-0.3, -0.25) is 0 Å². The molecule has 0 aliphatic heterocycles. The Morgan fingerprint density at radius 2 is 2.20 bits per heavy atom. The Morgan fingerprint density at radius 1 is 1.53 bits per heavy atom. The van der Waals surface area contributed by atoms with Crippen molar-refractivity contribution in [1.29, 1.82) is 0 Å². The van der Waals surface area contributed by atoms with E-state index in [1.807, 2.05) is 0 Å². The van der Waals surface area contributed by atoms with Crippen molar-refractivity contribution in [1.82, 2.24) is 0 Å². The van der Waals surface area contributed by atoms with E-state index in [0.29, 0.717) is 0 Å². The van der Waals surface area contributed by atoms with Crippen LogP contribution < -0.4 is 4.74 Å². The zero-order valence-corrected chi connectivity index (χ0v) is 11.2. The Balaban J connectivity index is 2.75. The second-order valence-electron chi connectivity index (χ2n) is 2.54. The first kappa shape index (κ1) is 12.8. The summed E-state index contributed by atoms with van der Waals surface area (Å²) in [5, 5.41) is 8.98. The molecule has 0 aliphatic carbocycles. The molecule has 0 saturated carbocycles. The van der Waals surface area contributed by atoms with Crippen molar-refractivity contribution in [2.75, 3.05) is 6.61 Å². The Labute approximate surface area is 108 Å². The molecule has 0 aromatic heterocycles. The summed E-state index contributed by atoms with van der Waals surface area (Å²) in [6.45, 7) is 0.256. The van der Waals surface area contributed by atoms with Crippen LogP contribution in [0.15, 0.2) is 21.6 Å². The van der Waals surface area contributed by atoms with Crippen molar-refractivity contribution >= 4 is 43.5 Å². The van der Waals surface area contributed by atoms with E-state index in [4.69, 9.17) is 21.4 Å². The lowest BCUT2D eigenvalue weighted by molar-refractivity contribution is 0.357. The van der Waals surface area contributed by atoms with E-state index < -0.39 is 11.6 Å². The SMILES string of the molecule is Oc1c(F)cc(OCC=C(Br)Br)cc1Cl. The van der Waals surface area contributed by atoms with Crippen LogP contribution in [0.3, 0.4) is 0 Å². The summed E-state index contributed by atoms with van der Waals surface area (Å²) in [5.41, 5.74) is 0. The van der Waals surface area contributed by atoms with Crippen molar-refractivity contribution < 1.29 is 14.2 Å². The molecule has 0 amide bonds. The molecule has 1 N–H and O–H groups in total. The summed E-state index contributed by atoms with van der Waals surface area (Å²) in [5.74, 6) is -1.12. The lowest BCUT2D eigenvalue weighted by Crippen LogP contribution is -1.94. The third kappa shape index (κ3) is 4.01. The molecule has 0 aliphatic rings. The van der Waals surface area contributed by atoms with Gasteiger partial charge in [-0.25, -0.2) is 4.39 Å². The molecular formula is C9H6Br2ClFO2. The van der Waals surface area contributed by atoms with Gasteiger partial charge in [-0.1, -0.05) is 11.6 Å². The van der Waals surface area contributed by atoms with Gasteiger partial charge >= 0.3 is 0 Å². The minimum Gasteiger partial charge on any atom is -0.504 e. The number of hydrogen-bond acceptors (Lipinski definition) is 2. The third-order valence-corrected chi connectivity index (χ3v) is 2.41. The molecule has 1 rings (SSSR count). The molecule has 0 heterocycles. The third-order valence-electron chi connectivity index (χ3n) is 1.48. The first-order chi connectivity index (χ1) is 7.00. The first-order valence-corrected chi connectivity index (χ1v) is 5.79. The maximum atomic E-state index is 13.0. The molecule has 0 radical (unpaired) electrons. The quantitative estimate of drug-likeness (QED) is 0.876. The van der Waals surface area contributed by atoms with E-state index in [1.54, 1.807) is 6.08 Å².